The Hall–Kier alpha value is -0.860. The highest BCUT2D eigenvalue weighted by molar-refractivity contribution is 5.36. The first kappa shape index (κ1) is 11.6. The Morgan fingerprint density at radius 1 is 1.31 bits per heavy atom. The van der Waals surface area contributed by atoms with Crippen LogP contribution < -0.4 is 5.73 Å². The molecule has 2 N–H and O–H groups in total. The molecule has 1 aliphatic rings. The number of aryl methyl sites for hydroxylation is 2. The summed E-state index contributed by atoms with van der Waals surface area (Å²) in [6.45, 7) is 5.08. The zero-order valence-electron chi connectivity index (χ0n) is 10.5. The van der Waals surface area contributed by atoms with E-state index < -0.39 is 0 Å². The van der Waals surface area contributed by atoms with Gasteiger partial charge in [-0.1, -0.05) is 18.2 Å². The number of hydrogen-bond acceptors (Lipinski definition) is 2. The average Bonchev–Trinajstić information content (AvgIpc) is 3.06. The van der Waals surface area contributed by atoms with E-state index in [-0.39, 0.29) is 0 Å². The number of nitrogens with two attached hydrogens (primary N) is 1. The van der Waals surface area contributed by atoms with Crippen LogP contribution in [0.2, 0.25) is 0 Å². The maximum absolute atomic E-state index is 5.97. The molecule has 1 atom stereocenters. The van der Waals surface area contributed by atoms with E-state index in [1.165, 1.54) is 29.5 Å². The lowest BCUT2D eigenvalue weighted by atomic mass is 9.95. The third kappa shape index (κ3) is 2.13. The monoisotopic (exact) mass is 218 g/mol. The van der Waals surface area contributed by atoms with Crippen molar-refractivity contribution in [2.45, 2.75) is 38.8 Å². The van der Waals surface area contributed by atoms with E-state index in [1.807, 2.05) is 0 Å². The van der Waals surface area contributed by atoms with Gasteiger partial charge in [-0.3, -0.25) is 4.90 Å². The quantitative estimate of drug-likeness (QED) is 0.841. The lowest BCUT2D eigenvalue weighted by Gasteiger charge is -2.29. The molecule has 0 aromatic heterocycles. The number of rotatable bonds is 4. The standard InChI is InChI=1S/C14H22N2/c1-10-5-4-6-11(2)14(10)13(9-15)16(3)12-7-8-12/h4-6,12-13H,7-9,15H2,1-3H3. The van der Waals surface area contributed by atoms with E-state index >= 15 is 0 Å². The number of nitrogens with zero attached hydrogens (tertiary/aromatic N) is 1. The molecule has 0 aliphatic heterocycles. The fraction of sp³-hybridized carbons (Fsp3) is 0.571. The molecular formula is C14H22N2. The van der Waals surface area contributed by atoms with Crippen LogP contribution in [0.25, 0.3) is 0 Å². The zero-order valence-corrected chi connectivity index (χ0v) is 10.5. The van der Waals surface area contributed by atoms with Crippen molar-refractivity contribution < 1.29 is 0 Å². The van der Waals surface area contributed by atoms with Gasteiger partial charge in [-0.25, -0.2) is 0 Å². The molecule has 0 bridgehead atoms. The fourth-order valence-corrected chi connectivity index (χ4v) is 2.58. The molecule has 1 aliphatic carbocycles. The van der Waals surface area contributed by atoms with Crippen molar-refractivity contribution in [3.63, 3.8) is 0 Å². The second kappa shape index (κ2) is 4.56. The Morgan fingerprint density at radius 2 is 1.88 bits per heavy atom. The Kier molecular flexibility index (Phi) is 3.31. The molecule has 2 heteroatoms. The van der Waals surface area contributed by atoms with E-state index in [0.717, 1.165) is 6.04 Å². The van der Waals surface area contributed by atoms with Crippen molar-refractivity contribution in [2.24, 2.45) is 5.73 Å². The summed E-state index contributed by atoms with van der Waals surface area (Å²) in [7, 11) is 2.21. The van der Waals surface area contributed by atoms with Gasteiger partial charge in [0.2, 0.25) is 0 Å². The van der Waals surface area contributed by atoms with Crippen molar-refractivity contribution in [3.8, 4) is 0 Å². The fourth-order valence-electron chi connectivity index (χ4n) is 2.58. The van der Waals surface area contributed by atoms with Crippen molar-refractivity contribution in [1.29, 1.82) is 0 Å². The van der Waals surface area contributed by atoms with Gasteiger partial charge in [0, 0.05) is 18.6 Å². The SMILES string of the molecule is Cc1cccc(C)c1C(CN)N(C)C1CC1. The molecule has 0 amide bonds. The van der Waals surface area contributed by atoms with Crippen LogP contribution >= 0.6 is 0 Å². The van der Waals surface area contributed by atoms with Crippen LogP contribution in [-0.4, -0.2) is 24.5 Å². The molecule has 88 valence electrons. The molecule has 0 spiro atoms. The van der Waals surface area contributed by atoms with Crippen LogP contribution in [0.3, 0.4) is 0 Å². The highest BCUT2D eigenvalue weighted by Crippen LogP contribution is 2.34. The summed E-state index contributed by atoms with van der Waals surface area (Å²) in [4.78, 5) is 2.45. The Morgan fingerprint density at radius 3 is 2.31 bits per heavy atom. The van der Waals surface area contributed by atoms with Gasteiger partial charge in [0.1, 0.15) is 0 Å². The van der Waals surface area contributed by atoms with Crippen molar-refractivity contribution in [2.75, 3.05) is 13.6 Å². The molecule has 2 nitrogen and oxygen atoms in total. The predicted molar refractivity (Wildman–Crippen MR) is 68.5 cm³/mol. The summed E-state index contributed by atoms with van der Waals surface area (Å²) < 4.78 is 0. The van der Waals surface area contributed by atoms with Crippen LogP contribution in [0.15, 0.2) is 18.2 Å². The maximum Gasteiger partial charge on any atom is 0.0475 e. The Bertz CT molecular complexity index is 349. The first-order valence-corrected chi connectivity index (χ1v) is 6.13. The molecule has 1 unspecified atom stereocenters. The van der Waals surface area contributed by atoms with Crippen LogP contribution in [0.5, 0.6) is 0 Å². The highest BCUT2D eigenvalue weighted by Gasteiger charge is 2.32. The normalized spacial score (nSPS) is 17.8. The van der Waals surface area contributed by atoms with Crippen LogP contribution in [-0.2, 0) is 0 Å². The number of likely N-dealkylation sites (N-methyl/N-ethyl adjacent to an activating group) is 1. The van der Waals surface area contributed by atoms with E-state index in [1.54, 1.807) is 0 Å². The van der Waals surface area contributed by atoms with Gasteiger partial charge in [-0.05, 0) is 50.4 Å². The minimum atomic E-state index is 0.383. The van der Waals surface area contributed by atoms with Crippen LogP contribution in [0.4, 0.5) is 0 Å². The zero-order chi connectivity index (χ0) is 11.7. The van der Waals surface area contributed by atoms with Gasteiger partial charge in [0.05, 0.1) is 0 Å². The maximum atomic E-state index is 5.97. The van der Waals surface area contributed by atoms with Gasteiger partial charge in [0.25, 0.3) is 0 Å². The van der Waals surface area contributed by atoms with Crippen LogP contribution in [0, 0.1) is 13.8 Å². The first-order valence-electron chi connectivity index (χ1n) is 6.13. The second-order valence-corrected chi connectivity index (χ2v) is 4.95. The molecule has 1 saturated carbocycles. The second-order valence-electron chi connectivity index (χ2n) is 4.95. The molecular weight excluding hydrogens is 196 g/mol. The molecule has 1 aromatic carbocycles. The molecule has 1 fully saturated rings. The minimum absolute atomic E-state index is 0.383. The van der Waals surface area contributed by atoms with E-state index in [2.05, 4.69) is 44.0 Å². The van der Waals surface area contributed by atoms with E-state index in [9.17, 15) is 0 Å². The molecule has 0 saturated heterocycles. The Labute approximate surface area is 98.4 Å². The minimum Gasteiger partial charge on any atom is -0.329 e. The number of benzene rings is 1. The lowest BCUT2D eigenvalue weighted by molar-refractivity contribution is 0.238. The van der Waals surface area contributed by atoms with E-state index in [4.69, 9.17) is 5.73 Å². The number of hydrogen-bond donors (Lipinski definition) is 1. The molecule has 2 rings (SSSR count). The summed E-state index contributed by atoms with van der Waals surface area (Å²) in [6.07, 6.45) is 2.66. The smallest absolute Gasteiger partial charge is 0.0475 e. The summed E-state index contributed by atoms with van der Waals surface area (Å²) in [5.74, 6) is 0. The van der Waals surface area contributed by atoms with E-state index in [0.29, 0.717) is 12.6 Å². The summed E-state index contributed by atoms with van der Waals surface area (Å²) >= 11 is 0. The summed E-state index contributed by atoms with van der Waals surface area (Å²) in [5.41, 5.74) is 10.1. The van der Waals surface area contributed by atoms with Gasteiger partial charge < -0.3 is 5.73 Å². The largest absolute Gasteiger partial charge is 0.329 e. The van der Waals surface area contributed by atoms with Crippen molar-refractivity contribution >= 4 is 0 Å². The predicted octanol–water partition coefficient (Wildman–Crippen LogP) is 2.40. The lowest BCUT2D eigenvalue weighted by Crippen LogP contribution is -2.33. The van der Waals surface area contributed by atoms with Gasteiger partial charge in [-0.15, -0.1) is 0 Å². The van der Waals surface area contributed by atoms with Crippen molar-refractivity contribution in [1.82, 2.24) is 4.90 Å². The highest BCUT2D eigenvalue weighted by atomic mass is 15.2. The Balaban J connectivity index is 2.31. The van der Waals surface area contributed by atoms with Gasteiger partial charge >= 0.3 is 0 Å². The van der Waals surface area contributed by atoms with Gasteiger partial charge in [0.15, 0.2) is 0 Å². The third-order valence-electron chi connectivity index (χ3n) is 3.71. The van der Waals surface area contributed by atoms with Crippen LogP contribution in [0.1, 0.15) is 35.6 Å². The molecule has 1 aromatic rings. The molecule has 0 radical (unpaired) electrons. The molecule has 0 heterocycles. The molecule has 16 heavy (non-hydrogen) atoms. The third-order valence-corrected chi connectivity index (χ3v) is 3.71. The summed E-state index contributed by atoms with van der Waals surface area (Å²) in [5, 5.41) is 0. The summed E-state index contributed by atoms with van der Waals surface area (Å²) in [6, 6.07) is 7.64. The first-order chi connectivity index (χ1) is 7.65. The van der Waals surface area contributed by atoms with Gasteiger partial charge in [-0.2, -0.15) is 0 Å². The van der Waals surface area contributed by atoms with Crippen molar-refractivity contribution in [3.05, 3.63) is 34.9 Å². The topological polar surface area (TPSA) is 29.3 Å². The average molecular weight is 218 g/mol.